The standard InChI is InChI=1S/C17H30N2O/c1-4-15(18)17(16-12-11-13(3)20-16)19(5-2)14-9-7-6-8-10-14/h11-12,14-15,17H,4-10,18H2,1-3H3. The molecular formula is C17H30N2O. The van der Waals surface area contributed by atoms with Gasteiger partial charge in [-0.15, -0.1) is 0 Å². The summed E-state index contributed by atoms with van der Waals surface area (Å²) in [5.74, 6) is 2.03. The third-order valence-corrected chi connectivity index (χ3v) is 4.70. The predicted molar refractivity (Wildman–Crippen MR) is 83.7 cm³/mol. The molecule has 1 heterocycles. The van der Waals surface area contributed by atoms with Crippen molar-refractivity contribution in [1.82, 2.24) is 4.90 Å². The number of hydrogen-bond donors (Lipinski definition) is 1. The molecule has 0 amide bonds. The molecule has 2 N–H and O–H groups in total. The zero-order chi connectivity index (χ0) is 14.5. The maximum Gasteiger partial charge on any atom is 0.122 e. The van der Waals surface area contributed by atoms with Gasteiger partial charge in [0.25, 0.3) is 0 Å². The lowest BCUT2D eigenvalue weighted by Crippen LogP contribution is -2.46. The van der Waals surface area contributed by atoms with Crippen LogP contribution in [0.2, 0.25) is 0 Å². The van der Waals surface area contributed by atoms with Gasteiger partial charge in [0.15, 0.2) is 0 Å². The summed E-state index contributed by atoms with van der Waals surface area (Å²) in [4.78, 5) is 2.59. The lowest BCUT2D eigenvalue weighted by molar-refractivity contribution is 0.0796. The third kappa shape index (κ3) is 3.44. The van der Waals surface area contributed by atoms with E-state index < -0.39 is 0 Å². The first-order valence-corrected chi connectivity index (χ1v) is 8.25. The molecule has 0 aliphatic heterocycles. The molecule has 0 radical (unpaired) electrons. The van der Waals surface area contributed by atoms with E-state index in [1.807, 2.05) is 6.92 Å². The second-order valence-corrected chi connectivity index (χ2v) is 6.09. The normalized spacial score (nSPS) is 20.2. The van der Waals surface area contributed by atoms with Crippen LogP contribution in [0.25, 0.3) is 0 Å². The molecule has 2 rings (SSSR count). The zero-order valence-electron chi connectivity index (χ0n) is 13.3. The van der Waals surface area contributed by atoms with Gasteiger partial charge in [0.2, 0.25) is 0 Å². The molecule has 0 spiro atoms. The van der Waals surface area contributed by atoms with Gasteiger partial charge in [0.05, 0.1) is 6.04 Å². The van der Waals surface area contributed by atoms with Crippen molar-refractivity contribution in [3.63, 3.8) is 0 Å². The van der Waals surface area contributed by atoms with Gasteiger partial charge in [0.1, 0.15) is 11.5 Å². The van der Waals surface area contributed by atoms with Gasteiger partial charge in [-0.25, -0.2) is 0 Å². The Kier molecular flexibility index (Phi) is 5.67. The minimum absolute atomic E-state index is 0.141. The molecule has 0 bridgehead atoms. The molecule has 1 aliphatic rings. The van der Waals surface area contributed by atoms with Crippen molar-refractivity contribution in [2.75, 3.05) is 6.54 Å². The van der Waals surface area contributed by atoms with Gasteiger partial charge in [-0.3, -0.25) is 4.90 Å². The summed E-state index contributed by atoms with van der Waals surface area (Å²) < 4.78 is 5.92. The molecule has 114 valence electrons. The maximum absolute atomic E-state index is 6.44. The lowest BCUT2D eigenvalue weighted by Gasteiger charge is -2.40. The summed E-state index contributed by atoms with van der Waals surface area (Å²) in [5, 5.41) is 0. The number of furan rings is 1. The number of nitrogens with two attached hydrogens (primary N) is 1. The first-order chi connectivity index (χ1) is 9.67. The Morgan fingerprint density at radius 3 is 2.45 bits per heavy atom. The van der Waals surface area contributed by atoms with E-state index in [0.717, 1.165) is 24.5 Å². The predicted octanol–water partition coefficient (Wildman–Crippen LogP) is 4.02. The number of hydrogen-bond acceptors (Lipinski definition) is 3. The van der Waals surface area contributed by atoms with Crippen molar-refractivity contribution < 1.29 is 4.42 Å². The minimum Gasteiger partial charge on any atom is -0.465 e. The van der Waals surface area contributed by atoms with E-state index in [2.05, 4.69) is 30.9 Å². The number of likely N-dealkylation sites (N-methyl/N-ethyl adjacent to an activating group) is 1. The van der Waals surface area contributed by atoms with Crippen LogP contribution >= 0.6 is 0 Å². The van der Waals surface area contributed by atoms with Crippen molar-refractivity contribution in [2.24, 2.45) is 5.73 Å². The Balaban J connectivity index is 2.23. The van der Waals surface area contributed by atoms with Gasteiger partial charge in [-0.1, -0.05) is 33.1 Å². The fraction of sp³-hybridized carbons (Fsp3) is 0.765. The molecule has 3 nitrogen and oxygen atoms in total. The summed E-state index contributed by atoms with van der Waals surface area (Å²) >= 11 is 0. The average molecular weight is 278 g/mol. The third-order valence-electron chi connectivity index (χ3n) is 4.70. The molecule has 20 heavy (non-hydrogen) atoms. The van der Waals surface area contributed by atoms with Crippen molar-refractivity contribution in [3.05, 3.63) is 23.7 Å². The van der Waals surface area contributed by atoms with E-state index in [-0.39, 0.29) is 12.1 Å². The maximum atomic E-state index is 6.44. The van der Waals surface area contributed by atoms with E-state index in [1.54, 1.807) is 0 Å². The summed E-state index contributed by atoms with van der Waals surface area (Å²) in [5.41, 5.74) is 6.44. The molecule has 1 aromatic rings. The second kappa shape index (κ2) is 7.28. The SMILES string of the molecule is CCC(N)C(c1ccc(C)o1)N(CC)C1CCCCC1. The van der Waals surface area contributed by atoms with Crippen molar-refractivity contribution in [1.29, 1.82) is 0 Å². The Bertz CT molecular complexity index is 395. The monoisotopic (exact) mass is 278 g/mol. The molecule has 0 saturated heterocycles. The van der Waals surface area contributed by atoms with E-state index in [1.165, 1.54) is 32.1 Å². The Labute approximate surface area is 123 Å². The zero-order valence-corrected chi connectivity index (χ0v) is 13.3. The fourth-order valence-corrected chi connectivity index (χ4v) is 3.55. The van der Waals surface area contributed by atoms with Crippen LogP contribution in [0.15, 0.2) is 16.5 Å². The number of nitrogens with zero attached hydrogens (tertiary/aromatic N) is 1. The van der Waals surface area contributed by atoms with E-state index in [9.17, 15) is 0 Å². The largest absolute Gasteiger partial charge is 0.465 e. The first-order valence-electron chi connectivity index (χ1n) is 8.25. The highest BCUT2D eigenvalue weighted by Crippen LogP contribution is 2.33. The molecule has 1 saturated carbocycles. The van der Waals surface area contributed by atoms with Crippen LogP contribution in [0.3, 0.4) is 0 Å². The molecule has 3 heteroatoms. The average Bonchev–Trinajstić information content (AvgIpc) is 2.90. The summed E-state index contributed by atoms with van der Waals surface area (Å²) in [6, 6.07) is 5.20. The second-order valence-electron chi connectivity index (χ2n) is 6.09. The number of aryl methyl sites for hydroxylation is 1. The van der Waals surface area contributed by atoms with Crippen LogP contribution in [0, 0.1) is 6.92 Å². The molecule has 1 fully saturated rings. The van der Waals surface area contributed by atoms with Crippen LogP contribution in [-0.4, -0.2) is 23.5 Å². The highest BCUT2D eigenvalue weighted by atomic mass is 16.3. The highest BCUT2D eigenvalue weighted by molar-refractivity contribution is 5.12. The summed E-state index contributed by atoms with van der Waals surface area (Å²) in [6.07, 6.45) is 7.69. The minimum atomic E-state index is 0.141. The Morgan fingerprint density at radius 2 is 1.95 bits per heavy atom. The van der Waals surface area contributed by atoms with E-state index in [4.69, 9.17) is 10.2 Å². The summed E-state index contributed by atoms with van der Waals surface area (Å²) in [6.45, 7) is 7.47. The molecule has 2 atom stereocenters. The highest BCUT2D eigenvalue weighted by Gasteiger charge is 2.32. The van der Waals surface area contributed by atoms with Crippen molar-refractivity contribution in [3.8, 4) is 0 Å². The van der Waals surface area contributed by atoms with Crippen molar-refractivity contribution >= 4 is 0 Å². The van der Waals surface area contributed by atoms with Gasteiger partial charge < -0.3 is 10.2 Å². The summed E-state index contributed by atoms with van der Waals surface area (Å²) in [7, 11) is 0. The van der Waals surface area contributed by atoms with Gasteiger partial charge in [-0.05, 0) is 44.9 Å². The number of rotatable bonds is 6. The molecular weight excluding hydrogens is 248 g/mol. The van der Waals surface area contributed by atoms with E-state index in [0.29, 0.717) is 6.04 Å². The molecule has 0 aromatic carbocycles. The van der Waals surface area contributed by atoms with E-state index >= 15 is 0 Å². The fourth-order valence-electron chi connectivity index (χ4n) is 3.55. The van der Waals surface area contributed by atoms with Gasteiger partial charge in [0, 0.05) is 12.1 Å². The van der Waals surface area contributed by atoms with Gasteiger partial charge in [-0.2, -0.15) is 0 Å². The quantitative estimate of drug-likeness (QED) is 0.854. The molecule has 2 unspecified atom stereocenters. The Morgan fingerprint density at radius 1 is 1.25 bits per heavy atom. The molecule has 1 aliphatic carbocycles. The van der Waals surface area contributed by atoms with Gasteiger partial charge >= 0.3 is 0 Å². The van der Waals surface area contributed by atoms with Crippen LogP contribution in [0.4, 0.5) is 0 Å². The topological polar surface area (TPSA) is 42.4 Å². The van der Waals surface area contributed by atoms with Crippen LogP contribution < -0.4 is 5.73 Å². The smallest absolute Gasteiger partial charge is 0.122 e. The van der Waals surface area contributed by atoms with Crippen LogP contribution in [0.1, 0.15) is 69.9 Å². The Hall–Kier alpha value is -0.800. The lowest BCUT2D eigenvalue weighted by atomic mass is 9.91. The van der Waals surface area contributed by atoms with Crippen molar-refractivity contribution in [2.45, 2.75) is 77.4 Å². The van der Waals surface area contributed by atoms with Crippen LogP contribution in [0.5, 0.6) is 0 Å². The molecule has 1 aromatic heterocycles. The van der Waals surface area contributed by atoms with Crippen LogP contribution in [-0.2, 0) is 0 Å². The first kappa shape index (κ1) is 15.6.